The van der Waals surface area contributed by atoms with Gasteiger partial charge in [-0.15, -0.1) is 11.3 Å². The molecule has 0 fully saturated rings. The van der Waals surface area contributed by atoms with Gasteiger partial charge < -0.3 is 4.90 Å². The Morgan fingerprint density at radius 3 is 2.80 bits per heavy atom. The summed E-state index contributed by atoms with van der Waals surface area (Å²) in [5, 5.41) is 1.87. The van der Waals surface area contributed by atoms with Crippen LogP contribution in [0.5, 0.6) is 0 Å². The van der Waals surface area contributed by atoms with Crippen LogP contribution in [0, 0.1) is 5.82 Å². The summed E-state index contributed by atoms with van der Waals surface area (Å²) in [5.41, 5.74) is 2.62. The minimum Gasteiger partial charge on any atom is -0.305 e. The van der Waals surface area contributed by atoms with Crippen LogP contribution < -0.4 is 10.5 Å². The van der Waals surface area contributed by atoms with Crippen LogP contribution in [0.2, 0.25) is 0 Å². The fourth-order valence-electron chi connectivity index (χ4n) is 4.01. The van der Waals surface area contributed by atoms with Crippen LogP contribution in [0.4, 0.5) is 10.1 Å². The summed E-state index contributed by atoms with van der Waals surface area (Å²) in [7, 11) is 0. The lowest BCUT2D eigenvalue weighted by molar-refractivity contribution is 0.0973. The molecule has 1 unspecified atom stereocenters. The highest BCUT2D eigenvalue weighted by Gasteiger charge is 2.31. The fourth-order valence-corrected chi connectivity index (χ4v) is 4.87. The fraction of sp³-hybridized carbons (Fsp3) is 0.174. The molecule has 150 valence electrons. The Kier molecular flexibility index (Phi) is 4.47. The Morgan fingerprint density at radius 2 is 2.00 bits per heavy atom. The number of rotatable bonds is 2. The van der Waals surface area contributed by atoms with Crippen molar-refractivity contribution in [1.82, 2.24) is 9.38 Å². The van der Waals surface area contributed by atoms with Crippen molar-refractivity contribution < 1.29 is 9.18 Å². The van der Waals surface area contributed by atoms with Crippen molar-refractivity contribution in [2.24, 2.45) is 0 Å². The summed E-state index contributed by atoms with van der Waals surface area (Å²) in [4.78, 5) is 33.3. The average molecular weight is 419 g/mol. The molecule has 5 rings (SSSR count). The maximum Gasteiger partial charge on any atom is 0.271 e. The van der Waals surface area contributed by atoms with Gasteiger partial charge >= 0.3 is 0 Å². The van der Waals surface area contributed by atoms with E-state index in [4.69, 9.17) is 0 Å². The summed E-state index contributed by atoms with van der Waals surface area (Å²) in [6, 6.07) is 13.9. The summed E-state index contributed by atoms with van der Waals surface area (Å²) < 4.78 is 15.2. The van der Waals surface area contributed by atoms with Crippen LogP contribution in [-0.2, 0) is 6.42 Å². The Balaban J connectivity index is 1.65. The quantitative estimate of drug-likeness (QED) is 0.479. The summed E-state index contributed by atoms with van der Waals surface area (Å²) in [5.74, 6) is -0.739. The SMILES string of the molecule is CC1CCc2cc(F)ccc2N1C(=O)c1cnc2scc(-c3ccccc3)n2c1=O. The Morgan fingerprint density at radius 1 is 1.20 bits per heavy atom. The van der Waals surface area contributed by atoms with Crippen LogP contribution in [-0.4, -0.2) is 21.3 Å². The summed E-state index contributed by atoms with van der Waals surface area (Å²) in [6.07, 6.45) is 2.75. The standard InChI is InChI=1S/C23H18FN3O2S/c1-14-7-8-16-11-17(24)9-10-19(16)26(14)21(28)18-12-25-23-27(22(18)29)20(13-30-23)15-5-3-2-4-6-15/h2-6,9-14H,7-8H2,1H3. The number of aryl methyl sites for hydroxylation is 1. The lowest BCUT2D eigenvalue weighted by Crippen LogP contribution is -2.44. The lowest BCUT2D eigenvalue weighted by atomic mass is 9.96. The van der Waals surface area contributed by atoms with Crippen molar-refractivity contribution in [1.29, 1.82) is 0 Å². The van der Waals surface area contributed by atoms with E-state index in [9.17, 15) is 14.0 Å². The number of anilines is 1. The predicted octanol–water partition coefficient (Wildman–Crippen LogP) is 4.54. The number of aromatic nitrogens is 2. The number of halogens is 1. The van der Waals surface area contributed by atoms with Crippen LogP contribution >= 0.6 is 11.3 Å². The van der Waals surface area contributed by atoms with Crippen molar-refractivity contribution >= 4 is 27.9 Å². The molecule has 7 heteroatoms. The molecule has 1 aliphatic rings. The van der Waals surface area contributed by atoms with Gasteiger partial charge in [-0.2, -0.15) is 0 Å². The van der Waals surface area contributed by atoms with Gasteiger partial charge in [0.15, 0.2) is 4.96 Å². The second-order valence-electron chi connectivity index (χ2n) is 7.42. The second kappa shape index (κ2) is 7.18. The number of carbonyl (C=O) groups excluding carboxylic acids is 1. The first kappa shape index (κ1) is 18.7. The molecule has 3 heterocycles. The lowest BCUT2D eigenvalue weighted by Gasteiger charge is -2.35. The van der Waals surface area contributed by atoms with Gasteiger partial charge in [0.05, 0.1) is 5.69 Å². The summed E-state index contributed by atoms with van der Waals surface area (Å²) in [6.45, 7) is 1.94. The molecule has 2 aromatic heterocycles. The highest BCUT2D eigenvalue weighted by atomic mass is 32.1. The van der Waals surface area contributed by atoms with Gasteiger partial charge in [-0.25, -0.2) is 9.37 Å². The van der Waals surface area contributed by atoms with Gasteiger partial charge in [0, 0.05) is 23.3 Å². The normalized spacial score (nSPS) is 15.9. The Hall–Kier alpha value is -3.32. The number of thiazole rings is 1. The highest BCUT2D eigenvalue weighted by Crippen LogP contribution is 2.32. The Labute approximate surface area is 176 Å². The van der Waals surface area contributed by atoms with Crippen LogP contribution in [0.15, 0.2) is 64.9 Å². The minimum atomic E-state index is -0.410. The minimum absolute atomic E-state index is 0.00658. The molecule has 0 saturated heterocycles. The van der Waals surface area contributed by atoms with E-state index in [1.54, 1.807) is 11.0 Å². The second-order valence-corrected chi connectivity index (χ2v) is 8.25. The number of hydrogen-bond donors (Lipinski definition) is 0. The predicted molar refractivity (Wildman–Crippen MR) is 116 cm³/mol. The van der Waals surface area contributed by atoms with E-state index < -0.39 is 11.5 Å². The first-order chi connectivity index (χ1) is 14.5. The molecule has 5 nitrogen and oxygen atoms in total. The highest BCUT2D eigenvalue weighted by molar-refractivity contribution is 7.15. The number of benzene rings is 2. The molecule has 30 heavy (non-hydrogen) atoms. The van der Waals surface area contributed by atoms with Gasteiger partial charge in [-0.1, -0.05) is 30.3 Å². The van der Waals surface area contributed by atoms with Crippen molar-refractivity contribution in [3.63, 3.8) is 0 Å². The van der Waals surface area contributed by atoms with E-state index in [1.165, 1.54) is 34.1 Å². The molecule has 1 atom stereocenters. The van der Waals surface area contributed by atoms with E-state index in [-0.39, 0.29) is 17.4 Å². The largest absolute Gasteiger partial charge is 0.305 e. The zero-order chi connectivity index (χ0) is 20.8. The number of hydrogen-bond acceptors (Lipinski definition) is 4. The van der Waals surface area contributed by atoms with Crippen LogP contribution in [0.25, 0.3) is 16.2 Å². The van der Waals surface area contributed by atoms with E-state index in [2.05, 4.69) is 4.98 Å². The Bertz CT molecular complexity index is 1330. The van der Waals surface area contributed by atoms with Crippen molar-refractivity contribution in [2.45, 2.75) is 25.8 Å². The summed E-state index contributed by atoms with van der Waals surface area (Å²) >= 11 is 1.35. The van der Waals surface area contributed by atoms with E-state index in [0.29, 0.717) is 29.2 Å². The van der Waals surface area contributed by atoms with Crippen molar-refractivity contribution in [3.05, 3.63) is 87.4 Å². The molecule has 2 aromatic carbocycles. The van der Waals surface area contributed by atoms with Gasteiger partial charge in [-0.3, -0.25) is 14.0 Å². The topological polar surface area (TPSA) is 54.7 Å². The van der Waals surface area contributed by atoms with Crippen molar-refractivity contribution in [3.8, 4) is 11.3 Å². The first-order valence-electron chi connectivity index (χ1n) is 9.71. The van der Waals surface area contributed by atoms with Crippen LogP contribution in [0.3, 0.4) is 0 Å². The molecule has 0 bridgehead atoms. The molecule has 0 spiro atoms. The number of nitrogens with zero attached hydrogens (tertiary/aromatic N) is 3. The molecular formula is C23H18FN3O2S. The number of amides is 1. The third kappa shape index (κ3) is 2.93. The van der Waals surface area contributed by atoms with Crippen LogP contribution in [0.1, 0.15) is 29.3 Å². The molecule has 4 aromatic rings. The zero-order valence-electron chi connectivity index (χ0n) is 16.2. The molecule has 0 N–H and O–H groups in total. The van der Waals surface area contributed by atoms with Gasteiger partial charge in [0.2, 0.25) is 0 Å². The van der Waals surface area contributed by atoms with E-state index in [1.807, 2.05) is 42.6 Å². The molecule has 0 aliphatic carbocycles. The van der Waals surface area contributed by atoms with Gasteiger partial charge in [-0.05, 0) is 49.1 Å². The molecular weight excluding hydrogens is 401 g/mol. The molecule has 1 aliphatic heterocycles. The number of fused-ring (bicyclic) bond motifs is 2. The maximum absolute atomic E-state index is 13.7. The van der Waals surface area contributed by atoms with Gasteiger partial charge in [0.1, 0.15) is 11.4 Å². The third-order valence-corrected chi connectivity index (χ3v) is 6.38. The average Bonchev–Trinajstić information content (AvgIpc) is 3.19. The van der Waals surface area contributed by atoms with Gasteiger partial charge in [0.25, 0.3) is 11.5 Å². The smallest absolute Gasteiger partial charge is 0.271 e. The molecule has 1 amide bonds. The van der Waals surface area contributed by atoms with E-state index >= 15 is 0 Å². The number of carbonyl (C=O) groups is 1. The monoisotopic (exact) mass is 419 g/mol. The maximum atomic E-state index is 13.7. The first-order valence-corrected chi connectivity index (χ1v) is 10.6. The molecule has 0 saturated carbocycles. The zero-order valence-corrected chi connectivity index (χ0v) is 17.0. The third-order valence-electron chi connectivity index (χ3n) is 5.54. The molecule has 0 radical (unpaired) electrons. The van der Waals surface area contributed by atoms with Crippen molar-refractivity contribution in [2.75, 3.05) is 4.90 Å². The van der Waals surface area contributed by atoms with E-state index in [0.717, 1.165) is 11.1 Å².